The number of hydrazine groups is 1. The van der Waals surface area contributed by atoms with Crippen LogP contribution in [0, 0.1) is 5.92 Å². The number of amides is 1. The van der Waals surface area contributed by atoms with Crippen LogP contribution in [0.3, 0.4) is 0 Å². The molecule has 0 bridgehead atoms. The summed E-state index contributed by atoms with van der Waals surface area (Å²) in [5.41, 5.74) is 4.42. The minimum absolute atomic E-state index is 0.159. The molecule has 0 heterocycles. The van der Waals surface area contributed by atoms with E-state index in [-0.39, 0.29) is 5.91 Å². The lowest BCUT2D eigenvalue weighted by Crippen LogP contribution is -2.31. The molecule has 0 aromatic heterocycles. The molecule has 3 N–H and O–H groups in total. The Morgan fingerprint density at radius 3 is 2.50 bits per heavy atom. The number of nitrogens with zero attached hydrogens (tertiary/aromatic N) is 1. The molecular weight excluding hydrogens is 226 g/mol. The maximum atomic E-state index is 11.1. The lowest BCUT2D eigenvalue weighted by molar-refractivity contribution is -0.120. The van der Waals surface area contributed by atoms with Crippen LogP contribution in [0.25, 0.3) is 0 Å². The number of nitrogens with two attached hydrogens (primary N) is 1. The minimum atomic E-state index is -0.159. The molecule has 1 aliphatic rings. The minimum Gasteiger partial charge on any atom is -0.302 e. The third kappa shape index (κ3) is 4.13. The molecule has 98 valence electrons. The van der Waals surface area contributed by atoms with E-state index in [9.17, 15) is 4.79 Å². The Labute approximate surface area is 108 Å². The molecule has 4 heteroatoms. The van der Waals surface area contributed by atoms with E-state index in [4.69, 9.17) is 5.84 Å². The molecule has 0 radical (unpaired) electrons. The van der Waals surface area contributed by atoms with E-state index in [1.54, 1.807) is 0 Å². The molecule has 0 saturated heterocycles. The highest BCUT2D eigenvalue weighted by Crippen LogP contribution is 2.29. The summed E-state index contributed by atoms with van der Waals surface area (Å²) < 4.78 is 0. The fourth-order valence-electron chi connectivity index (χ4n) is 2.12. The summed E-state index contributed by atoms with van der Waals surface area (Å²) in [6, 6.07) is 8.16. The average molecular weight is 247 g/mol. The highest BCUT2D eigenvalue weighted by molar-refractivity contribution is 5.77. The van der Waals surface area contributed by atoms with Gasteiger partial charge in [0, 0.05) is 13.1 Å². The van der Waals surface area contributed by atoms with Gasteiger partial charge < -0.3 is 4.90 Å². The maximum absolute atomic E-state index is 11.1. The third-order valence-electron chi connectivity index (χ3n) is 3.27. The predicted molar refractivity (Wildman–Crippen MR) is 71.5 cm³/mol. The SMILES string of the molecule is CN(Cc1ccc(CC(=O)NN)cc1)CC1CC1. The van der Waals surface area contributed by atoms with E-state index in [0.717, 1.165) is 18.0 Å². The van der Waals surface area contributed by atoms with Gasteiger partial charge in [-0.05, 0) is 36.9 Å². The number of carbonyl (C=O) groups excluding carboxylic acids is 1. The number of benzene rings is 1. The smallest absolute Gasteiger partial charge is 0.238 e. The van der Waals surface area contributed by atoms with Gasteiger partial charge in [0.05, 0.1) is 6.42 Å². The van der Waals surface area contributed by atoms with Crippen molar-refractivity contribution in [3.8, 4) is 0 Å². The van der Waals surface area contributed by atoms with Gasteiger partial charge in [-0.1, -0.05) is 24.3 Å². The summed E-state index contributed by atoms with van der Waals surface area (Å²) in [7, 11) is 2.16. The molecule has 2 rings (SSSR count). The largest absolute Gasteiger partial charge is 0.302 e. The van der Waals surface area contributed by atoms with E-state index in [0.29, 0.717) is 6.42 Å². The van der Waals surface area contributed by atoms with Gasteiger partial charge in [0.1, 0.15) is 0 Å². The van der Waals surface area contributed by atoms with Crippen LogP contribution >= 0.6 is 0 Å². The molecule has 0 atom stereocenters. The lowest BCUT2D eigenvalue weighted by atomic mass is 10.1. The van der Waals surface area contributed by atoms with Crippen LogP contribution in [-0.2, 0) is 17.8 Å². The highest BCUT2D eigenvalue weighted by Gasteiger charge is 2.22. The van der Waals surface area contributed by atoms with Crippen molar-refractivity contribution in [1.82, 2.24) is 10.3 Å². The van der Waals surface area contributed by atoms with E-state index in [2.05, 4.69) is 29.5 Å². The van der Waals surface area contributed by atoms with Gasteiger partial charge >= 0.3 is 0 Å². The van der Waals surface area contributed by atoms with Crippen molar-refractivity contribution in [1.29, 1.82) is 0 Å². The first-order valence-electron chi connectivity index (χ1n) is 6.43. The van der Waals surface area contributed by atoms with Gasteiger partial charge in [-0.25, -0.2) is 5.84 Å². The summed E-state index contributed by atoms with van der Waals surface area (Å²) >= 11 is 0. The van der Waals surface area contributed by atoms with Crippen molar-refractivity contribution < 1.29 is 4.79 Å². The zero-order valence-corrected chi connectivity index (χ0v) is 10.9. The maximum Gasteiger partial charge on any atom is 0.238 e. The van der Waals surface area contributed by atoms with Gasteiger partial charge in [0.25, 0.3) is 0 Å². The van der Waals surface area contributed by atoms with Crippen molar-refractivity contribution in [2.45, 2.75) is 25.8 Å². The summed E-state index contributed by atoms with van der Waals surface area (Å²) in [6.07, 6.45) is 3.11. The Morgan fingerprint density at radius 1 is 1.33 bits per heavy atom. The van der Waals surface area contributed by atoms with Crippen LogP contribution in [0.1, 0.15) is 24.0 Å². The van der Waals surface area contributed by atoms with Crippen LogP contribution in [-0.4, -0.2) is 24.4 Å². The molecule has 1 aromatic carbocycles. The molecule has 0 aliphatic heterocycles. The van der Waals surface area contributed by atoms with E-state index < -0.39 is 0 Å². The van der Waals surface area contributed by atoms with Gasteiger partial charge in [-0.3, -0.25) is 10.2 Å². The first kappa shape index (κ1) is 13.1. The van der Waals surface area contributed by atoms with Crippen LogP contribution in [0.4, 0.5) is 0 Å². The van der Waals surface area contributed by atoms with Crippen LogP contribution < -0.4 is 11.3 Å². The molecule has 1 amide bonds. The van der Waals surface area contributed by atoms with E-state index in [1.807, 2.05) is 12.1 Å². The highest BCUT2D eigenvalue weighted by atomic mass is 16.2. The quantitative estimate of drug-likeness (QED) is 0.449. The Hall–Kier alpha value is -1.39. The molecule has 0 unspecified atom stereocenters. The van der Waals surface area contributed by atoms with Crippen LogP contribution in [0.2, 0.25) is 0 Å². The summed E-state index contributed by atoms with van der Waals surface area (Å²) in [5.74, 6) is 5.82. The molecule has 1 fully saturated rings. The van der Waals surface area contributed by atoms with E-state index in [1.165, 1.54) is 24.9 Å². The van der Waals surface area contributed by atoms with Crippen molar-refractivity contribution in [2.75, 3.05) is 13.6 Å². The number of hydrogen-bond acceptors (Lipinski definition) is 3. The first-order valence-corrected chi connectivity index (χ1v) is 6.43. The van der Waals surface area contributed by atoms with Gasteiger partial charge in [0.2, 0.25) is 5.91 Å². The zero-order chi connectivity index (χ0) is 13.0. The fraction of sp³-hybridized carbons (Fsp3) is 0.500. The topological polar surface area (TPSA) is 58.4 Å². The average Bonchev–Trinajstić information content (AvgIpc) is 3.15. The van der Waals surface area contributed by atoms with Crippen LogP contribution in [0.5, 0.6) is 0 Å². The predicted octanol–water partition coefficient (Wildman–Crippen LogP) is 1.06. The second kappa shape index (κ2) is 5.98. The van der Waals surface area contributed by atoms with Gasteiger partial charge in [-0.15, -0.1) is 0 Å². The second-order valence-electron chi connectivity index (χ2n) is 5.20. The van der Waals surface area contributed by atoms with Crippen molar-refractivity contribution in [3.63, 3.8) is 0 Å². The Bertz CT molecular complexity index is 398. The summed E-state index contributed by atoms with van der Waals surface area (Å²) in [6.45, 7) is 2.16. The molecular formula is C14H21N3O. The van der Waals surface area contributed by atoms with E-state index >= 15 is 0 Å². The standard InChI is InChI=1S/C14H21N3O/c1-17(10-13-6-7-13)9-12-4-2-11(3-5-12)8-14(18)16-15/h2-5,13H,6-10,15H2,1H3,(H,16,18). The third-order valence-corrected chi connectivity index (χ3v) is 3.27. The lowest BCUT2D eigenvalue weighted by Gasteiger charge is -2.16. The molecule has 18 heavy (non-hydrogen) atoms. The number of carbonyl (C=O) groups is 1. The Balaban J connectivity index is 1.84. The second-order valence-corrected chi connectivity index (χ2v) is 5.20. The Morgan fingerprint density at radius 2 is 1.94 bits per heavy atom. The zero-order valence-electron chi connectivity index (χ0n) is 10.9. The fourth-order valence-corrected chi connectivity index (χ4v) is 2.12. The normalized spacial score (nSPS) is 14.8. The number of hydrogen-bond donors (Lipinski definition) is 2. The van der Waals surface area contributed by atoms with Crippen molar-refractivity contribution in [2.24, 2.45) is 11.8 Å². The first-order chi connectivity index (χ1) is 8.67. The Kier molecular flexibility index (Phi) is 4.33. The van der Waals surface area contributed by atoms with Gasteiger partial charge in [-0.2, -0.15) is 0 Å². The number of rotatable bonds is 6. The molecule has 1 aromatic rings. The summed E-state index contributed by atoms with van der Waals surface area (Å²) in [5, 5.41) is 0. The molecule has 0 spiro atoms. The monoisotopic (exact) mass is 247 g/mol. The molecule has 4 nitrogen and oxygen atoms in total. The number of nitrogens with one attached hydrogen (secondary N) is 1. The molecule has 1 aliphatic carbocycles. The molecule has 1 saturated carbocycles. The summed E-state index contributed by atoms with van der Waals surface area (Å²) in [4.78, 5) is 13.5. The van der Waals surface area contributed by atoms with Crippen LogP contribution in [0.15, 0.2) is 24.3 Å². The van der Waals surface area contributed by atoms with Gasteiger partial charge in [0.15, 0.2) is 0 Å². The van der Waals surface area contributed by atoms with Crippen molar-refractivity contribution in [3.05, 3.63) is 35.4 Å². The van der Waals surface area contributed by atoms with Crippen molar-refractivity contribution >= 4 is 5.91 Å².